The molecule has 0 radical (unpaired) electrons. The summed E-state index contributed by atoms with van der Waals surface area (Å²) in [5.74, 6) is 1.94. The smallest absolute Gasteiger partial charge is 0.118 e. The average molecular weight is 217 g/mol. The number of rotatable bonds is 3. The van der Waals surface area contributed by atoms with Gasteiger partial charge in [-0.25, -0.2) is 0 Å². The van der Waals surface area contributed by atoms with Crippen LogP contribution in [0.2, 0.25) is 0 Å². The highest BCUT2D eigenvalue weighted by Gasteiger charge is 2.37. The van der Waals surface area contributed by atoms with Gasteiger partial charge < -0.3 is 4.74 Å². The van der Waals surface area contributed by atoms with Crippen molar-refractivity contribution in [2.24, 2.45) is 5.92 Å². The Labute approximate surface area is 97.2 Å². The molecule has 2 heteroatoms. The van der Waals surface area contributed by atoms with Gasteiger partial charge in [0.2, 0.25) is 0 Å². The molecule has 0 unspecified atom stereocenters. The second-order valence-corrected chi connectivity index (χ2v) is 5.11. The van der Waals surface area contributed by atoms with E-state index in [2.05, 4.69) is 29.2 Å². The fourth-order valence-corrected chi connectivity index (χ4v) is 3.19. The number of hydrogen-bond donors (Lipinski definition) is 0. The highest BCUT2D eigenvalue weighted by atomic mass is 16.5. The topological polar surface area (TPSA) is 12.5 Å². The van der Waals surface area contributed by atoms with E-state index in [-0.39, 0.29) is 0 Å². The van der Waals surface area contributed by atoms with Gasteiger partial charge in [0, 0.05) is 19.1 Å². The summed E-state index contributed by atoms with van der Waals surface area (Å²) in [6, 6.07) is 9.36. The van der Waals surface area contributed by atoms with Crippen molar-refractivity contribution in [1.29, 1.82) is 0 Å². The third kappa shape index (κ3) is 1.82. The molecule has 1 heterocycles. The molecule has 0 amide bonds. The van der Waals surface area contributed by atoms with E-state index in [0.717, 1.165) is 24.3 Å². The number of fused-ring (bicyclic) bond motifs is 2. The monoisotopic (exact) mass is 217 g/mol. The zero-order valence-corrected chi connectivity index (χ0v) is 9.86. The van der Waals surface area contributed by atoms with Crippen LogP contribution in [0.5, 0.6) is 5.75 Å². The summed E-state index contributed by atoms with van der Waals surface area (Å²) in [5, 5.41) is 0. The van der Waals surface area contributed by atoms with Crippen molar-refractivity contribution in [3.8, 4) is 5.75 Å². The summed E-state index contributed by atoms with van der Waals surface area (Å²) in [4.78, 5) is 2.65. The lowest BCUT2D eigenvalue weighted by Gasteiger charge is -2.26. The summed E-state index contributed by atoms with van der Waals surface area (Å²) < 4.78 is 5.17. The van der Waals surface area contributed by atoms with E-state index in [9.17, 15) is 0 Å². The van der Waals surface area contributed by atoms with E-state index in [1.807, 2.05) is 0 Å². The van der Waals surface area contributed by atoms with Crippen LogP contribution < -0.4 is 4.74 Å². The summed E-state index contributed by atoms with van der Waals surface area (Å²) >= 11 is 0. The number of hydrogen-bond acceptors (Lipinski definition) is 2. The quantitative estimate of drug-likeness (QED) is 0.772. The van der Waals surface area contributed by atoms with Crippen LogP contribution in [-0.4, -0.2) is 24.6 Å². The van der Waals surface area contributed by atoms with Crippen LogP contribution in [0.3, 0.4) is 0 Å². The van der Waals surface area contributed by atoms with Crippen LogP contribution in [0.25, 0.3) is 0 Å². The van der Waals surface area contributed by atoms with E-state index < -0.39 is 0 Å². The minimum absolute atomic E-state index is 0.868. The van der Waals surface area contributed by atoms with E-state index in [0.29, 0.717) is 0 Å². The molecular formula is C14H19NO. The minimum Gasteiger partial charge on any atom is -0.497 e. The SMILES string of the molecule is COc1ccc(CN2C[C@H]3CC[C@H]2C3)cc1. The maximum Gasteiger partial charge on any atom is 0.118 e. The molecule has 1 aromatic rings. The molecule has 0 aromatic heterocycles. The first-order valence-electron chi connectivity index (χ1n) is 6.22. The molecule has 2 nitrogen and oxygen atoms in total. The molecule has 2 aliphatic rings. The van der Waals surface area contributed by atoms with E-state index in [1.165, 1.54) is 31.4 Å². The lowest BCUT2D eigenvalue weighted by molar-refractivity contribution is 0.205. The zero-order valence-electron chi connectivity index (χ0n) is 9.86. The summed E-state index contributed by atoms with van der Waals surface area (Å²) in [6.07, 6.45) is 4.32. The molecule has 3 rings (SSSR count). The van der Waals surface area contributed by atoms with Crippen molar-refractivity contribution < 1.29 is 4.74 Å². The lowest BCUT2D eigenvalue weighted by Crippen LogP contribution is -2.31. The van der Waals surface area contributed by atoms with Crippen molar-refractivity contribution >= 4 is 0 Å². The van der Waals surface area contributed by atoms with Gasteiger partial charge in [0.05, 0.1) is 7.11 Å². The normalized spacial score (nSPS) is 28.6. The first-order chi connectivity index (χ1) is 7.85. The molecular weight excluding hydrogens is 198 g/mol. The van der Waals surface area contributed by atoms with Crippen molar-refractivity contribution in [2.75, 3.05) is 13.7 Å². The highest BCUT2D eigenvalue weighted by Crippen LogP contribution is 2.38. The molecule has 0 spiro atoms. The molecule has 1 saturated carbocycles. The van der Waals surface area contributed by atoms with Crippen LogP contribution in [0.15, 0.2) is 24.3 Å². The van der Waals surface area contributed by atoms with Crippen LogP contribution in [0.4, 0.5) is 0 Å². The molecule has 1 saturated heterocycles. The first-order valence-corrected chi connectivity index (χ1v) is 6.22. The molecule has 2 atom stereocenters. The number of piperidine rings is 1. The summed E-state index contributed by atoms with van der Waals surface area (Å²) in [6.45, 7) is 2.43. The van der Waals surface area contributed by atoms with Crippen LogP contribution >= 0.6 is 0 Å². The van der Waals surface area contributed by atoms with Gasteiger partial charge in [-0.05, 0) is 42.9 Å². The fourth-order valence-electron chi connectivity index (χ4n) is 3.19. The third-order valence-electron chi connectivity index (χ3n) is 4.07. The standard InChI is InChI=1S/C14H19NO/c1-16-14-6-3-11(4-7-14)9-15-10-12-2-5-13(15)8-12/h3-4,6-7,12-13H,2,5,8-10H2,1H3/t12-,13-/m0/s1. The van der Waals surface area contributed by atoms with Gasteiger partial charge in [0.1, 0.15) is 5.75 Å². The summed E-state index contributed by atoms with van der Waals surface area (Å²) in [5.41, 5.74) is 1.41. The van der Waals surface area contributed by atoms with E-state index in [4.69, 9.17) is 4.74 Å². The Hall–Kier alpha value is -1.02. The van der Waals surface area contributed by atoms with Gasteiger partial charge >= 0.3 is 0 Å². The maximum absolute atomic E-state index is 5.17. The molecule has 1 aromatic carbocycles. The van der Waals surface area contributed by atoms with Crippen LogP contribution in [0, 0.1) is 5.92 Å². The average Bonchev–Trinajstić information content (AvgIpc) is 2.92. The second kappa shape index (κ2) is 4.10. The molecule has 86 valence electrons. The van der Waals surface area contributed by atoms with Crippen molar-refractivity contribution in [2.45, 2.75) is 31.8 Å². The van der Waals surface area contributed by atoms with E-state index in [1.54, 1.807) is 7.11 Å². The Kier molecular flexibility index (Phi) is 2.60. The molecule has 16 heavy (non-hydrogen) atoms. The molecule has 1 aliphatic carbocycles. The zero-order chi connectivity index (χ0) is 11.0. The molecule has 2 bridgehead atoms. The predicted octanol–water partition coefficient (Wildman–Crippen LogP) is 2.68. The third-order valence-corrected chi connectivity index (χ3v) is 4.07. The van der Waals surface area contributed by atoms with Crippen LogP contribution in [0.1, 0.15) is 24.8 Å². The number of likely N-dealkylation sites (tertiary alicyclic amines) is 1. The van der Waals surface area contributed by atoms with Crippen LogP contribution in [-0.2, 0) is 6.54 Å². The Bertz CT molecular complexity index is 360. The number of nitrogens with zero attached hydrogens (tertiary/aromatic N) is 1. The van der Waals surface area contributed by atoms with Gasteiger partial charge in [0.15, 0.2) is 0 Å². The Balaban J connectivity index is 1.65. The van der Waals surface area contributed by atoms with Crippen molar-refractivity contribution in [3.63, 3.8) is 0 Å². The van der Waals surface area contributed by atoms with Crippen molar-refractivity contribution in [3.05, 3.63) is 29.8 Å². The Morgan fingerprint density at radius 3 is 2.62 bits per heavy atom. The van der Waals surface area contributed by atoms with E-state index >= 15 is 0 Å². The maximum atomic E-state index is 5.17. The van der Waals surface area contributed by atoms with Gasteiger partial charge in [0.25, 0.3) is 0 Å². The summed E-state index contributed by atoms with van der Waals surface area (Å²) in [7, 11) is 1.72. The molecule has 1 aliphatic heterocycles. The second-order valence-electron chi connectivity index (χ2n) is 5.11. The Morgan fingerprint density at radius 2 is 2.06 bits per heavy atom. The molecule has 2 fully saturated rings. The molecule has 0 N–H and O–H groups in total. The van der Waals surface area contributed by atoms with Gasteiger partial charge in [-0.2, -0.15) is 0 Å². The highest BCUT2D eigenvalue weighted by molar-refractivity contribution is 5.27. The first kappa shape index (κ1) is 10.2. The minimum atomic E-state index is 0.868. The van der Waals surface area contributed by atoms with Gasteiger partial charge in [-0.1, -0.05) is 12.1 Å². The van der Waals surface area contributed by atoms with Gasteiger partial charge in [-0.3, -0.25) is 4.90 Å². The Morgan fingerprint density at radius 1 is 1.25 bits per heavy atom. The largest absolute Gasteiger partial charge is 0.497 e. The number of methoxy groups -OCH3 is 1. The number of ether oxygens (including phenoxy) is 1. The lowest BCUT2D eigenvalue weighted by atomic mass is 10.1. The number of benzene rings is 1. The van der Waals surface area contributed by atoms with Gasteiger partial charge in [-0.15, -0.1) is 0 Å². The van der Waals surface area contributed by atoms with Crippen molar-refractivity contribution in [1.82, 2.24) is 4.90 Å². The predicted molar refractivity (Wildman–Crippen MR) is 64.5 cm³/mol. The fraction of sp³-hybridized carbons (Fsp3) is 0.571.